The Labute approximate surface area is 71.3 Å². The van der Waals surface area contributed by atoms with Crippen LogP contribution in [0.5, 0.6) is 0 Å². The first-order valence-corrected chi connectivity index (χ1v) is 3.62. The zero-order valence-corrected chi connectivity index (χ0v) is 6.55. The lowest BCUT2D eigenvalue weighted by Crippen LogP contribution is -1.71. The summed E-state index contributed by atoms with van der Waals surface area (Å²) in [5, 5.41) is 0. The number of aldehydes is 1. The van der Waals surface area contributed by atoms with E-state index in [9.17, 15) is 4.79 Å². The molecule has 2 heteroatoms. The molecule has 0 saturated carbocycles. The first-order valence-electron chi connectivity index (χ1n) is 3.62. The molecular formula is C10H9NO. The van der Waals surface area contributed by atoms with E-state index in [-0.39, 0.29) is 0 Å². The fraction of sp³-hybridized carbons (Fsp3) is 0. The van der Waals surface area contributed by atoms with E-state index < -0.39 is 0 Å². The molecule has 0 saturated heterocycles. The molecule has 1 aromatic rings. The Kier molecular flexibility index (Phi) is 3.51. The molecule has 0 aliphatic heterocycles. The van der Waals surface area contributed by atoms with E-state index in [2.05, 4.69) is 4.98 Å². The highest BCUT2D eigenvalue weighted by molar-refractivity contribution is 5.66. The van der Waals surface area contributed by atoms with E-state index in [1.807, 2.05) is 24.3 Å². The van der Waals surface area contributed by atoms with Gasteiger partial charge in [0.25, 0.3) is 0 Å². The van der Waals surface area contributed by atoms with E-state index >= 15 is 0 Å². The van der Waals surface area contributed by atoms with Crippen LogP contribution < -0.4 is 0 Å². The molecule has 1 aromatic heterocycles. The van der Waals surface area contributed by atoms with E-state index in [1.54, 1.807) is 18.5 Å². The van der Waals surface area contributed by atoms with Crippen molar-refractivity contribution in [2.75, 3.05) is 0 Å². The average molecular weight is 159 g/mol. The first-order chi connectivity index (χ1) is 5.93. The highest BCUT2D eigenvalue weighted by atomic mass is 16.1. The predicted octanol–water partition coefficient (Wildman–Crippen LogP) is 1.85. The molecule has 0 aliphatic carbocycles. The van der Waals surface area contributed by atoms with Crippen molar-refractivity contribution in [2.45, 2.75) is 0 Å². The smallest absolute Gasteiger partial charge is 0.142 e. The average Bonchev–Trinajstić information content (AvgIpc) is 2.14. The highest BCUT2D eigenvalue weighted by Crippen LogP contribution is 1.98. The van der Waals surface area contributed by atoms with Gasteiger partial charge in [-0.3, -0.25) is 9.78 Å². The van der Waals surface area contributed by atoms with Gasteiger partial charge in [-0.05, 0) is 23.8 Å². The fourth-order valence-electron chi connectivity index (χ4n) is 0.751. The normalized spacial score (nSPS) is 11.0. The molecule has 0 aliphatic rings. The molecule has 0 radical (unpaired) electrons. The van der Waals surface area contributed by atoms with Gasteiger partial charge in [0.15, 0.2) is 0 Å². The van der Waals surface area contributed by atoms with Crippen molar-refractivity contribution < 1.29 is 4.79 Å². The van der Waals surface area contributed by atoms with Gasteiger partial charge in [0.1, 0.15) is 6.29 Å². The molecule has 0 unspecified atom stereocenters. The van der Waals surface area contributed by atoms with Crippen LogP contribution in [0.4, 0.5) is 0 Å². The lowest BCUT2D eigenvalue weighted by Gasteiger charge is -1.87. The second-order valence-electron chi connectivity index (χ2n) is 2.16. The number of carbonyl (C=O) groups excluding carboxylic acids is 1. The topological polar surface area (TPSA) is 30.0 Å². The molecule has 0 N–H and O–H groups in total. The van der Waals surface area contributed by atoms with Crippen LogP contribution in [0.1, 0.15) is 5.56 Å². The van der Waals surface area contributed by atoms with Crippen LogP contribution in [-0.4, -0.2) is 11.3 Å². The molecule has 60 valence electrons. The van der Waals surface area contributed by atoms with Gasteiger partial charge in [-0.25, -0.2) is 0 Å². The molecule has 0 fully saturated rings. The van der Waals surface area contributed by atoms with Crippen LogP contribution in [-0.2, 0) is 4.79 Å². The summed E-state index contributed by atoms with van der Waals surface area (Å²) in [6, 6.07) is 3.79. The molecule has 0 atom stereocenters. The molecule has 0 amide bonds. The summed E-state index contributed by atoms with van der Waals surface area (Å²) in [5.41, 5.74) is 1.07. The molecule has 1 heterocycles. The summed E-state index contributed by atoms with van der Waals surface area (Å²) in [6.45, 7) is 0. The third-order valence-electron chi connectivity index (χ3n) is 1.30. The zero-order valence-electron chi connectivity index (χ0n) is 6.55. The number of rotatable bonds is 3. The third kappa shape index (κ3) is 2.92. The third-order valence-corrected chi connectivity index (χ3v) is 1.30. The molecule has 0 aromatic carbocycles. The summed E-state index contributed by atoms with van der Waals surface area (Å²) in [4.78, 5) is 13.8. The number of carbonyl (C=O) groups is 1. The predicted molar refractivity (Wildman–Crippen MR) is 48.5 cm³/mol. The van der Waals surface area contributed by atoms with Crippen molar-refractivity contribution in [1.82, 2.24) is 4.98 Å². The van der Waals surface area contributed by atoms with Crippen LogP contribution in [0.2, 0.25) is 0 Å². The van der Waals surface area contributed by atoms with Crippen LogP contribution in [0, 0.1) is 0 Å². The van der Waals surface area contributed by atoms with Gasteiger partial charge in [-0.2, -0.15) is 0 Å². The van der Waals surface area contributed by atoms with Crippen molar-refractivity contribution in [3.63, 3.8) is 0 Å². The number of allylic oxidation sites excluding steroid dienone is 3. The SMILES string of the molecule is O=C/C=C/C=C/c1ccncc1. The Morgan fingerprint density at radius 2 is 1.83 bits per heavy atom. The minimum atomic E-state index is 0.747. The molecular weight excluding hydrogens is 150 g/mol. The summed E-state index contributed by atoms with van der Waals surface area (Å²) < 4.78 is 0. The van der Waals surface area contributed by atoms with Gasteiger partial charge in [0.2, 0.25) is 0 Å². The van der Waals surface area contributed by atoms with Gasteiger partial charge < -0.3 is 0 Å². The monoisotopic (exact) mass is 159 g/mol. The van der Waals surface area contributed by atoms with Crippen molar-refractivity contribution >= 4 is 12.4 Å². The maximum Gasteiger partial charge on any atom is 0.142 e. The standard InChI is InChI=1S/C10H9NO/c12-9-3-1-2-4-10-5-7-11-8-6-10/h1-9H/b3-1+,4-2+. The number of aromatic nitrogens is 1. The van der Waals surface area contributed by atoms with Crippen molar-refractivity contribution in [2.24, 2.45) is 0 Å². The molecule has 0 bridgehead atoms. The summed E-state index contributed by atoms with van der Waals surface area (Å²) in [6.07, 6.45) is 11.0. The summed E-state index contributed by atoms with van der Waals surface area (Å²) in [5.74, 6) is 0. The second kappa shape index (κ2) is 5.02. The van der Waals surface area contributed by atoms with Gasteiger partial charge in [0.05, 0.1) is 0 Å². The molecule has 0 spiro atoms. The maximum absolute atomic E-state index is 9.89. The fourth-order valence-corrected chi connectivity index (χ4v) is 0.751. The number of hydrogen-bond acceptors (Lipinski definition) is 2. The largest absolute Gasteiger partial charge is 0.299 e. The Bertz CT molecular complexity index is 288. The van der Waals surface area contributed by atoms with E-state index in [1.165, 1.54) is 6.08 Å². The molecule has 1 rings (SSSR count). The molecule has 2 nitrogen and oxygen atoms in total. The Balaban J connectivity index is 2.58. The molecule has 12 heavy (non-hydrogen) atoms. The van der Waals surface area contributed by atoms with Crippen LogP contribution in [0.25, 0.3) is 6.08 Å². The Hall–Kier alpha value is -1.70. The summed E-state index contributed by atoms with van der Waals surface area (Å²) >= 11 is 0. The van der Waals surface area contributed by atoms with Crippen LogP contribution >= 0.6 is 0 Å². The Morgan fingerprint density at radius 3 is 2.50 bits per heavy atom. The number of nitrogens with zero attached hydrogens (tertiary/aromatic N) is 1. The quantitative estimate of drug-likeness (QED) is 0.382. The van der Waals surface area contributed by atoms with Gasteiger partial charge in [-0.1, -0.05) is 18.2 Å². The van der Waals surface area contributed by atoms with Gasteiger partial charge >= 0.3 is 0 Å². The summed E-state index contributed by atoms with van der Waals surface area (Å²) in [7, 11) is 0. The maximum atomic E-state index is 9.89. The lowest BCUT2D eigenvalue weighted by atomic mass is 10.2. The van der Waals surface area contributed by atoms with Crippen molar-refractivity contribution in [3.05, 3.63) is 48.3 Å². The lowest BCUT2D eigenvalue weighted by molar-refractivity contribution is -0.104. The van der Waals surface area contributed by atoms with E-state index in [0.717, 1.165) is 11.8 Å². The Morgan fingerprint density at radius 1 is 1.08 bits per heavy atom. The van der Waals surface area contributed by atoms with Crippen LogP contribution in [0.3, 0.4) is 0 Å². The van der Waals surface area contributed by atoms with Crippen LogP contribution in [0.15, 0.2) is 42.8 Å². The minimum absolute atomic E-state index is 0.747. The number of hydrogen-bond donors (Lipinski definition) is 0. The van der Waals surface area contributed by atoms with Crippen molar-refractivity contribution in [3.8, 4) is 0 Å². The van der Waals surface area contributed by atoms with E-state index in [4.69, 9.17) is 0 Å². The van der Waals surface area contributed by atoms with E-state index in [0.29, 0.717) is 0 Å². The first kappa shape index (κ1) is 8.40. The zero-order chi connectivity index (χ0) is 8.65. The van der Waals surface area contributed by atoms with Gasteiger partial charge in [0, 0.05) is 12.4 Å². The van der Waals surface area contributed by atoms with Crippen molar-refractivity contribution in [1.29, 1.82) is 0 Å². The second-order valence-corrected chi connectivity index (χ2v) is 2.16. The van der Waals surface area contributed by atoms with Gasteiger partial charge in [-0.15, -0.1) is 0 Å². The number of pyridine rings is 1. The minimum Gasteiger partial charge on any atom is -0.299 e. The highest BCUT2D eigenvalue weighted by Gasteiger charge is 1.79.